The summed E-state index contributed by atoms with van der Waals surface area (Å²) in [6.45, 7) is 7.93. The van der Waals surface area contributed by atoms with Crippen LogP contribution in [0.25, 0.3) is 0 Å². The molecule has 0 aliphatic carbocycles. The van der Waals surface area contributed by atoms with Crippen LogP contribution in [-0.2, 0) is 11.3 Å². The largest absolute Gasteiger partial charge is 0.489 e. The number of hydrogen-bond acceptors (Lipinski definition) is 4. The fraction of sp³-hybridized carbons (Fsp3) is 0.467. The number of ether oxygens (including phenoxy) is 2. The van der Waals surface area contributed by atoms with Gasteiger partial charge >= 0.3 is 0 Å². The molecule has 110 valence electrons. The zero-order chi connectivity index (χ0) is 14.4. The number of rotatable bonds is 6. The molecule has 1 heterocycles. The molecule has 1 atom stereocenters. The van der Waals surface area contributed by atoms with Crippen LogP contribution in [0.1, 0.15) is 5.56 Å². The minimum absolute atomic E-state index is 0.112. The van der Waals surface area contributed by atoms with Crippen LogP contribution < -0.4 is 10.5 Å². The number of benzene rings is 1. The zero-order valence-corrected chi connectivity index (χ0v) is 12.3. The smallest absolute Gasteiger partial charge is 0.124 e. The molecule has 1 aliphatic heterocycles. The van der Waals surface area contributed by atoms with Gasteiger partial charge in [0, 0.05) is 36.8 Å². The summed E-state index contributed by atoms with van der Waals surface area (Å²) in [5.41, 5.74) is 6.75. The van der Waals surface area contributed by atoms with Gasteiger partial charge in [-0.1, -0.05) is 24.3 Å². The number of nitrogens with two attached hydrogens (primary N) is 1. The lowest BCUT2D eigenvalue weighted by Gasteiger charge is -2.32. The van der Waals surface area contributed by atoms with Crippen LogP contribution in [0.4, 0.5) is 0 Å². The van der Waals surface area contributed by atoms with Crippen molar-refractivity contribution in [3.05, 3.63) is 41.4 Å². The van der Waals surface area contributed by atoms with Gasteiger partial charge in [0.25, 0.3) is 0 Å². The summed E-state index contributed by atoms with van der Waals surface area (Å²) in [4.78, 5) is 2.31. The molecule has 0 unspecified atom stereocenters. The molecule has 5 heteroatoms. The predicted molar refractivity (Wildman–Crippen MR) is 81.2 cm³/mol. The first-order valence-corrected chi connectivity index (χ1v) is 7.17. The second kappa shape index (κ2) is 7.64. The molecule has 2 N–H and O–H groups in total. The van der Waals surface area contributed by atoms with Crippen molar-refractivity contribution < 1.29 is 9.47 Å². The summed E-state index contributed by atoms with van der Waals surface area (Å²) in [5, 5.41) is 0.717. The quantitative estimate of drug-likeness (QED) is 0.817. The lowest BCUT2D eigenvalue weighted by molar-refractivity contribution is -0.0262. The Morgan fingerprint density at radius 1 is 1.55 bits per heavy atom. The SMILES string of the molecule is C=CCOc1ccc(Cl)cc1CN1CCO[C@H](CN)C1. The third-order valence-corrected chi connectivity index (χ3v) is 3.49. The Morgan fingerprint density at radius 2 is 2.40 bits per heavy atom. The summed E-state index contributed by atoms with van der Waals surface area (Å²) in [6.07, 6.45) is 1.85. The second-order valence-electron chi connectivity index (χ2n) is 4.82. The van der Waals surface area contributed by atoms with Crippen LogP contribution in [0.2, 0.25) is 5.02 Å². The normalized spacial score (nSPS) is 19.8. The summed E-state index contributed by atoms with van der Waals surface area (Å²) in [7, 11) is 0. The molecule has 0 amide bonds. The molecule has 0 aromatic heterocycles. The van der Waals surface area contributed by atoms with Crippen LogP contribution in [0.3, 0.4) is 0 Å². The van der Waals surface area contributed by atoms with Gasteiger partial charge in [-0.25, -0.2) is 0 Å². The third kappa shape index (κ3) is 4.21. The second-order valence-corrected chi connectivity index (χ2v) is 5.25. The van der Waals surface area contributed by atoms with E-state index >= 15 is 0 Å². The van der Waals surface area contributed by atoms with Crippen molar-refractivity contribution in [2.75, 3.05) is 32.8 Å². The maximum atomic E-state index is 6.09. The molecule has 4 nitrogen and oxygen atoms in total. The van der Waals surface area contributed by atoms with E-state index in [1.807, 2.05) is 18.2 Å². The minimum atomic E-state index is 0.112. The zero-order valence-electron chi connectivity index (χ0n) is 11.6. The molecule has 2 rings (SSSR count). The van der Waals surface area contributed by atoms with Gasteiger partial charge in [0.1, 0.15) is 12.4 Å². The van der Waals surface area contributed by atoms with E-state index in [1.165, 1.54) is 0 Å². The highest BCUT2D eigenvalue weighted by Gasteiger charge is 2.20. The van der Waals surface area contributed by atoms with Crippen molar-refractivity contribution in [3.8, 4) is 5.75 Å². The van der Waals surface area contributed by atoms with E-state index < -0.39 is 0 Å². The van der Waals surface area contributed by atoms with Crippen molar-refractivity contribution in [1.82, 2.24) is 4.90 Å². The molecule has 20 heavy (non-hydrogen) atoms. The summed E-state index contributed by atoms with van der Waals surface area (Å²) in [5.74, 6) is 0.852. The highest BCUT2D eigenvalue weighted by atomic mass is 35.5. The molecule has 1 fully saturated rings. The first-order valence-electron chi connectivity index (χ1n) is 6.79. The molecule has 1 aromatic carbocycles. The number of halogens is 1. The van der Waals surface area contributed by atoms with E-state index in [4.69, 9.17) is 26.8 Å². The highest BCUT2D eigenvalue weighted by molar-refractivity contribution is 6.30. The van der Waals surface area contributed by atoms with E-state index in [2.05, 4.69) is 11.5 Å². The van der Waals surface area contributed by atoms with E-state index in [0.717, 1.165) is 36.0 Å². The lowest BCUT2D eigenvalue weighted by Crippen LogP contribution is -2.45. The topological polar surface area (TPSA) is 47.7 Å². The molecule has 1 aromatic rings. The first kappa shape index (κ1) is 15.3. The summed E-state index contributed by atoms with van der Waals surface area (Å²) < 4.78 is 11.3. The number of nitrogens with zero attached hydrogens (tertiary/aromatic N) is 1. The fourth-order valence-corrected chi connectivity index (χ4v) is 2.46. The lowest BCUT2D eigenvalue weighted by atomic mass is 10.1. The monoisotopic (exact) mass is 296 g/mol. The van der Waals surface area contributed by atoms with Gasteiger partial charge in [-0.2, -0.15) is 0 Å². The molecular formula is C15H21ClN2O2. The van der Waals surface area contributed by atoms with Gasteiger partial charge in [0.15, 0.2) is 0 Å². The van der Waals surface area contributed by atoms with E-state index in [1.54, 1.807) is 6.08 Å². The fourth-order valence-electron chi connectivity index (χ4n) is 2.27. The molecule has 0 saturated carbocycles. The Balaban J connectivity index is 2.06. The highest BCUT2D eigenvalue weighted by Crippen LogP contribution is 2.25. The maximum Gasteiger partial charge on any atom is 0.124 e. The Morgan fingerprint density at radius 3 is 3.15 bits per heavy atom. The van der Waals surface area contributed by atoms with Crippen LogP contribution in [-0.4, -0.2) is 43.9 Å². The van der Waals surface area contributed by atoms with Gasteiger partial charge < -0.3 is 15.2 Å². The Labute approximate surface area is 125 Å². The van der Waals surface area contributed by atoms with Gasteiger partial charge in [-0.05, 0) is 18.2 Å². The van der Waals surface area contributed by atoms with Gasteiger partial charge in [0.05, 0.1) is 12.7 Å². The van der Waals surface area contributed by atoms with Gasteiger partial charge in [0.2, 0.25) is 0 Å². The Hall–Kier alpha value is -1.07. The Kier molecular flexibility index (Phi) is 5.86. The maximum absolute atomic E-state index is 6.09. The standard InChI is InChI=1S/C15H21ClN2O2/c1-2-6-20-15-4-3-13(16)8-12(15)10-18-5-7-19-14(9-17)11-18/h2-4,8,14H,1,5-7,9-11,17H2/t14-/m1/s1. The molecule has 1 saturated heterocycles. The van der Waals surface area contributed by atoms with Crippen molar-refractivity contribution in [2.45, 2.75) is 12.6 Å². The minimum Gasteiger partial charge on any atom is -0.489 e. The van der Waals surface area contributed by atoms with Crippen molar-refractivity contribution in [3.63, 3.8) is 0 Å². The predicted octanol–water partition coefficient (Wildman–Crippen LogP) is 2.06. The molecule has 1 aliphatic rings. The molecule has 0 spiro atoms. The number of morpholine rings is 1. The van der Waals surface area contributed by atoms with Crippen LogP contribution in [0.15, 0.2) is 30.9 Å². The van der Waals surface area contributed by atoms with Crippen molar-refractivity contribution in [1.29, 1.82) is 0 Å². The summed E-state index contributed by atoms with van der Waals surface area (Å²) >= 11 is 6.09. The third-order valence-electron chi connectivity index (χ3n) is 3.26. The van der Waals surface area contributed by atoms with E-state index in [0.29, 0.717) is 19.8 Å². The first-order chi connectivity index (χ1) is 9.72. The average Bonchev–Trinajstić information content (AvgIpc) is 2.47. The van der Waals surface area contributed by atoms with Gasteiger partial charge in [-0.3, -0.25) is 4.90 Å². The van der Waals surface area contributed by atoms with E-state index in [-0.39, 0.29) is 6.10 Å². The van der Waals surface area contributed by atoms with Crippen molar-refractivity contribution in [2.24, 2.45) is 5.73 Å². The van der Waals surface area contributed by atoms with Gasteiger partial charge in [-0.15, -0.1) is 0 Å². The van der Waals surface area contributed by atoms with Crippen LogP contribution in [0, 0.1) is 0 Å². The number of hydrogen-bond donors (Lipinski definition) is 1. The Bertz CT molecular complexity index is 453. The molecule has 0 radical (unpaired) electrons. The van der Waals surface area contributed by atoms with Crippen LogP contribution in [0.5, 0.6) is 5.75 Å². The van der Waals surface area contributed by atoms with E-state index in [9.17, 15) is 0 Å². The van der Waals surface area contributed by atoms with Crippen LogP contribution >= 0.6 is 11.6 Å². The molecular weight excluding hydrogens is 276 g/mol. The summed E-state index contributed by atoms with van der Waals surface area (Å²) in [6, 6.07) is 5.69. The average molecular weight is 297 g/mol. The van der Waals surface area contributed by atoms with Crippen molar-refractivity contribution >= 4 is 11.6 Å². The molecule has 0 bridgehead atoms.